The van der Waals surface area contributed by atoms with E-state index in [1.807, 2.05) is 0 Å². The third kappa shape index (κ3) is 4.96. The van der Waals surface area contributed by atoms with Gasteiger partial charge in [-0.15, -0.1) is 0 Å². The minimum Gasteiger partial charge on any atom is -0.391 e. The topological polar surface area (TPSA) is 70.1 Å². The van der Waals surface area contributed by atoms with Gasteiger partial charge in [0, 0.05) is 18.7 Å². The summed E-state index contributed by atoms with van der Waals surface area (Å²) < 4.78 is 0. The summed E-state index contributed by atoms with van der Waals surface area (Å²) in [6.07, 6.45) is 4.07. The van der Waals surface area contributed by atoms with E-state index in [0.717, 1.165) is 43.0 Å². The highest BCUT2D eigenvalue weighted by Crippen LogP contribution is 2.28. The largest absolute Gasteiger partial charge is 0.391 e. The van der Waals surface area contributed by atoms with E-state index in [4.69, 9.17) is 0 Å². The van der Waals surface area contributed by atoms with Crippen molar-refractivity contribution in [2.75, 3.05) is 23.7 Å². The van der Waals surface area contributed by atoms with Crippen molar-refractivity contribution >= 4 is 11.6 Å². The number of rotatable bonds is 9. The molecule has 0 radical (unpaired) electrons. The first-order valence-electron chi connectivity index (χ1n) is 7.60. The van der Waals surface area contributed by atoms with Crippen LogP contribution in [0.2, 0.25) is 0 Å². The van der Waals surface area contributed by atoms with E-state index >= 15 is 0 Å². The summed E-state index contributed by atoms with van der Waals surface area (Å²) in [4.78, 5) is 8.66. The fourth-order valence-corrected chi connectivity index (χ4v) is 2.12. The van der Waals surface area contributed by atoms with Gasteiger partial charge in [0.15, 0.2) is 0 Å². The molecule has 0 aliphatic heterocycles. The van der Waals surface area contributed by atoms with Crippen LogP contribution in [0.5, 0.6) is 0 Å². The molecule has 0 amide bonds. The van der Waals surface area contributed by atoms with E-state index in [1.54, 1.807) is 6.33 Å². The number of nitrogens with one attached hydrogen (secondary N) is 2. The lowest BCUT2D eigenvalue weighted by Gasteiger charge is -2.19. The number of aliphatic hydroxyl groups is 1. The Bertz CT molecular complexity index is 395. The molecule has 1 heterocycles. The zero-order valence-electron chi connectivity index (χ0n) is 13.1. The third-order valence-electron chi connectivity index (χ3n) is 3.13. The van der Waals surface area contributed by atoms with Gasteiger partial charge in [-0.05, 0) is 18.8 Å². The van der Waals surface area contributed by atoms with Crippen molar-refractivity contribution < 1.29 is 5.11 Å². The maximum Gasteiger partial charge on any atom is 0.135 e. The molecular weight excluding hydrogens is 252 g/mol. The molecule has 114 valence electrons. The van der Waals surface area contributed by atoms with Crippen LogP contribution in [0.1, 0.15) is 58.4 Å². The van der Waals surface area contributed by atoms with Crippen molar-refractivity contribution in [3.63, 3.8) is 0 Å². The van der Waals surface area contributed by atoms with Gasteiger partial charge in [-0.2, -0.15) is 0 Å². The Kier molecular flexibility index (Phi) is 7.30. The summed E-state index contributed by atoms with van der Waals surface area (Å²) in [6.45, 7) is 9.88. The van der Waals surface area contributed by atoms with Gasteiger partial charge >= 0.3 is 0 Å². The smallest absolute Gasteiger partial charge is 0.135 e. The Morgan fingerprint density at radius 2 is 1.75 bits per heavy atom. The molecule has 1 atom stereocenters. The van der Waals surface area contributed by atoms with E-state index in [0.29, 0.717) is 12.5 Å². The maximum absolute atomic E-state index is 9.83. The molecule has 0 saturated heterocycles. The van der Waals surface area contributed by atoms with Crippen molar-refractivity contribution in [2.45, 2.75) is 59.0 Å². The van der Waals surface area contributed by atoms with E-state index in [1.165, 1.54) is 0 Å². The molecule has 3 N–H and O–H groups in total. The number of aliphatic hydroxyl groups excluding tert-OH is 1. The van der Waals surface area contributed by atoms with E-state index in [-0.39, 0.29) is 6.10 Å². The van der Waals surface area contributed by atoms with E-state index < -0.39 is 0 Å². The van der Waals surface area contributed by atoms with Gasteiger partial charge in [0.2, 0.25) is 0 Å². The van der Waals surface area contributed by atoms with Crippen LogP contribution in [0.25, 0.3) is 0 Å². The predicted octanol–water partition coefficient (Wildman–Crippen LogP) is 2.99. The Hall–Kier alpha value is -1.36. The summed E-state index contributed by atoms with van der Waals surface area (Å²) in [5, 5.41) is 16.4. The molecule has 20 heavy (non-hydrogen) atoms. The van der Waals surface area contributed by atoms with Crippen LogP contribution in [0, 0.1) is 0 Å². The standard InChI is InChI=1S/C15H28N4O/c1-5-7-12(20)9-17-15-13(11(3)4)14(16-8-6-2)18-10-19-15/h10-12,20H,5-9H2,1-4H3,(H2,16,17,18,19). The molecule has 1 aromatic rings. The third-order valence-corrected chi connectivity index (χ3v) is 3.13. The van der Waals surface area contributed by atoms with Gasteiger partial charge < -0.3 is 15.7 Å². The molecule has 0 aromatic carbocycles. The van der Waals surface area contributed by atoms with Gasteiger partial charge in [-0.3, -0.25) is 0 Å². The molecule has 1 rings (SSSR count). The molecule has 0 aliphatic rings. The molecule has 0 aliphatic carbocycles. The zero-order valence-corrected chi connectivity index (χ0v) is 13.1. The molecular formula is C15H28N4O. The maximum atomic E-state index is 9.83. The average molecular weight is 280 g/mol. The molecule has 1 aromatic heterocycles. The second kappa shape index (κ2) is 8.74. The fourth-order valence-electron chi connectivity index (χ4n) is 2.12. The normalized spacial score (nSPS) is 12.5. The molecule has 0 fully saturated rings. The highest BCUT2D eigenvalue weighted by atomic mass is 16.3. The van der Waals surface area contributed by atoms with Gasteiger partial charge in [0.25, 0.3) is 0 Å². The summed E-state index contributed by atoms with van der Waals surface area (Å²) in [7, 11) is 0. The Morgan fingerprint density at radius 3 is 2.30 bits per heavy atom. The van der Waals surface area contributed by atoms with Crippen LogP contribution in [0.3, 0.4) is 0 Å². The summed E-state index contributed by atoms with van der Waals surface area (Å²) in [5.41, 5.74) is 1.09. The molecule has 1 unspecified atom stereocenters. The van der Waals surface area contributed by atoms with Gasteiger partial charge in [0.05, 0.1) is 6.10 Å². The Labute approximate surface area is 122 Å². The average Bonchev–Trinajstić information content (AvgIpc) is 2.42. The quantitative estimate of drug-likeness (QED) is 0.648. The molecule has 5 heteroatoms. The number of anilines is 2. The molecule has 0 saturated carbocycles. The Morgan fingerprint density at radius 1 is 1.10 bits per heavy atom. The zero-order chi connectivity index (χ0) is 15.0. The van der Waals surface area contributed by atoms with Crippen LogP contribution in [0.15, 0.2) is 6.33 Å². The van der Waals surface area contributed by atoms with Crippen LogP contribution in [-0.4, -0.2) is 34.3 Å². The lowest BCUT2D eigenvalue weighted by molar-refractivity contribution is 0.176. The first-order valence-corrected chi connectivity index (χ1v) is 7.60. The SMILES string of the molecule is CCCNc1ncnc(NCC(O)CCC)c1C(C)C. The predicted molar refractivity (Wildman–Crippen MR) is 84.3 cm³/mol. The Balaban J connectivity index is 2.83. The summed E-state index contributed by atoms with van der Waals surface area (Å²) in [5.74, 6) is 2.04. The van der Waals surface area contributed by atoms with Gasteiger partial charge in [0.1, 0.15) is 18.0 Å². The number of nitrogens with zero attached hydrogens (tertiary/aromatic N) is 2. The second-order valence-corrected chi connectivity index (χ2v) is 5.39. The van der Waals surface area contributed by atoms with Crippen LogP contribution in [0.4, 0.5) is 11.6 Å². The van der Waals surface area contributed by atoms with Crippen molar-refractivity contribution in [3.8, 4) is 0 Å². The highest BCUT2D eigenvalue weighted by molar-refractivity contribution is 5.59. The van der Waals surface area contributed by atoms with Gasteiger partial charge in [-0.1, -0.05) is 34.1 Å². The molecule has 0 bridgehead atoms. The van der Waals surface area contributed by atoms with Crippen LogP contribution < -0.4 is 10.6 Å². The van der Waals surface area contributed by atoms with Gasteiger partial charge in [-0.25, -0.2) is 9.97 Å². The minimum atomic E-state index is -0.331. The number of aromatic nitrogens is 2. The molecule has 5 nitrogen and oxygen atoms in total. The second-order valence-electron chi connectivity index (χ2n) is 5.39. The van der Waals surface area contributed by atoms with Crippen molar-refractivity contribution in [2.24, 2.45) is 0 Å². The van der Waals surface area contributed by atoms with Crippen molar-refractivity contribution in [1.82, 2.24) is 9.97 Å². The molecule has 0 spiro atoms. The summed E-state index contributed by atoms with van der Waals surface area (Å²) >= 11 is 0. The first-order chi connectivity index (χ1) is 9.60. The monoisotopic (exact) mass is 280 g/mol. The van der Waals surface area contributed by atoms with Crippen LogP contribution in [-0.2, 0) is 0 Å². The lowest BCUT2D eigenvalue weighted by Crippen LogP contribution is -2.21. The number of hydrogen-bond donors (Lipinski definition) is 3. The number of hydrogen-bond acceptors (Lipinski definition) is 5. The highest BCUT2D eigenvalue weighted by Gasteiger charge is 2.15. The van der Waals surface area contributed by atoms with Crippen molar-refractivity contribution in [3.05, 3.63) is 11.9 Å². The summed E-state index contributed by atoms with van der Waals surface area (Å²) in [6, 6.07) is 0. The van der Waals surface area contributed by atoms with E-state index in [9.17, 15) is 5.11 Å². The van der Waals surface area contributed by atoms with E-state index in [2.05, 4.69) is 48.3 Å². The van der Waals surface area contributed by atoms with Crippen molar-refractivity contribution in [1.29, 1.82) is 0 Å². The first kappa shape index (κ1) is 16.7. The van der Waals surface area contributed by atoms with Crippen LogP contribution >= 0.6 is 0 Å². The minimum absolute atomic E-state index is 0.321. The lowest BCUT2D eigenvalue weighted by atomic mass is 10.0. The fraction of sp³-hybridized carbons (Fsp3) is 0.733.